The van der Waals surface area contributed by atoms with Crippen molar-refractivity contribution >= 4 is 0 Å². The molecule has 0 saturated heterocycles. The lowest BCUT2D eigenvalue weighted by Crippen LogP contribution is -2.13. The molecule has 0 amide bonds. The molecular formula is C10H12N2O. The number of ether oxygens (including phenoxy) is 1. The maximum atomic E-state index is 8.79. The molecule has 0 saturated carbocycles. The molecule has 0 bridgehead atoms. The summed E-state index contributed by atoms with van der Waals surface area (Å²) in [6, 6.07) is 9.36. The van der Waals surface area contributed by atoms with Crippen molar-refractivity contribution in [1.82, 2.24) is 5.32 Å². The van der Waals surface area contributed by atoms with Gasteiger partial charge in [-0.25, -0.2) is 0 Å². The van der Waals surface area contributed by atoms with Gasteiger partial charge in [0, 0.05) is 0 Å². The number of benzene rings is 1. The van der Waals surface area contributed by atoms with Crippen molar-refractivity contribution in [2.75, 3.05) is 14.2 Å². The van der Waals surface area contributed by atoms with E-state index in [1.165, 1.54) is 0 Å². The van der Waals surface area contributed by atoms with Gasteiger partial charge in [-0.3, -0.25) is 0 Å². The predicted octanol–water partition coefficient (Wildman–Crippen LogP) is 1.48. The Balaban J connectivity index is 2.94. The van der Waals surface area contributed by atoms with Crippen molar-refractivity contribution in [3.63, 3.8) is 0 Å². The highest BCUT2D eigenvalue weighted by atomic mass is 16.5. The number of nitrogens with one attached hydrogen (secondary N) is 1. The molecule has 1 unspecified atom stereocenters. The molecule has 0 aromatic heterocycles. The molecule has 1 atom stereocenters. The minimum atomic E-state index is -0.268. The van der Waals surface area contributed by atoms with Crippen LogP contribution in [0.25, 0.3) is 0 Å². The van der Waals surface area contributed by atoms with E-state index in [1.54, 1.807) is 14.2 Å². The van der Waals surface area contributed by atoms with E-state index in [9.17, 15) is 0 Å². The van der Waals surface area contributed by atoms with Crippen LogP contribution in [0.2, 0.25) is 0 Å². The largest absolute Gasteiger partial charge is 0.497 e. The lowest BCUT2D eigenvalue weighted by molar-refractivity contribution is 0.414. The summed E-state index contributed by atoms with van der Waals surface area (Å²) in [5.74, 6) is 0.771. The number of hydrogen-bond donors (Lipinski definition) is 1. The molecule has 0 radical (unpaired) electrons. The molecule has 0 spiro atoms. The van der Waals surface area contributed by atoms with E-state index in [1.807, 2.05) is 24.3 Å². The number of nitriles is 1. The van der Waals surface area contributed by atoms with E-state index in [0.29, 0.717) is 0 Å². The first-order chi connectivity index (χ1) is 6.31. The molecule has 1 rings (SSSR count). The molecule has 0 aliphatic carbocycles. The van der Waals surface area contributed by atoms with Crippen molar-refractivity contribution in [2.45, 2.75) is 6.04 Å². The van der Waals surface area contributed by atoms with Gasteiger partial charge in [-0.15, -0.1) is 0 Å². The van der Waals surface area contributed by atoms with Gasteiger partial charge in [-0.05, 0) is 24.7 Å². The minimum absolute atomic E-state index is 0.268. The number of nitrogens with zero attached hydrogens (tertiary/aromatic N) is 1. The van der Waals surface area contributed by atoms with Crippen LogP contribution in [-0.4, -0.2) is 14.2 Å². The van der Waals surface area contributed by atoms with Crippen LogP contribution in [0.4, 0.5) is 0 Å². The Morgan fingerprint density at radius 3 is 2.85 bits per heavy atom. The van der Waals surface area contributed by atoms with Gasteiger partial charge in [0.15, 0.2) is 0 Å². The highest BCUT2D eigenvalue weighted by Gasteiger charge is 2.07. The third-order valence-electron chi connectivity index (χ3n) is 1.84. The second-order valence-corrected chi connectivity index (χ2v) is 2.63. The topological polar surface area (TPSA) is 45.0 Å². The molecule has 0 fully saturated rings. The van der Waals surface area contributed by atoms with E-state index >= 15 is 0 Å². The Hall–Kier alpha value is -1.53. The van der Waals surface area contributed by atoms with Gasteiger partial charge in [-0.1, -0.05) is 12.1 Å². The Morgan fingerprint density at radius 2 is 2.31 bits per heavy atom. The molecule has 0 heterocycles. The van der Waals surface area contributed by atoms with Crippen LogP contribution in [0.3, 0.4) is 0 Å². The Kier molecular flexibility index (Phi) is 3.30. The number of methoxy groups -OCH3 is 1. The first kappa shape index (κ1) is 9.56. The van der Waals surface area contributed by atoms with Crippen LogP contribution in [0.5, 0.6) is 5.75 Å². The van der Waals surface area contributed by atoms with Gasteiger partial charge < -0.3 is 10.1 Å². The van der Waals surface area contributed by atoms with E-state index < -0.39 is 0 Å². The fourth-order valence-electron chi connectivity index (χ4n) is 1.13. The third-order valence-corrected chi connectivity index (χ3v) is 1.84. The van der Waals surface area contributed by atoms with Gasteiger partial charge in [0.25, 0.3) is 0 Å². The summed E-state index contributed by atoms with van der Waals surface area (Å²) >= 11 is 0. The fourth-order valence-corrected chi connectivity index (χ4v) is 1.13. The normalized spacial score (nSPS) is 11.8. The van der Waals surface area contributed by atoms with Crippen molar-refractivity contribution in [2.24, 2.45) is 0 Å². The summed E-state index contributed by atoms with van der Waals surface area (Å²) < 4.78 is 5.06. The van der Waals surface area contributed by atoms with Crippen molar-refractivity contribution in [1.29, 1.82) is 5.26 Å². The molecule has 3 heteroatoms. The second-order valence-electron chi connectivity index (χ2n) is 2.63. The SMILES string of the molecule is CNC(C#N)c1cccc(OC)c1. The molecule has 1 N–H and O–H groups in total. The number of rotatable bonds is 3. The van der Waals surface area contributed by atoms with Crippen LogP contribution < -0.4 is 10.1 Å². The Morgan fingerprint density at radius 1 is 1.54 bits per heavy atom. The van der Waals surface area contributed by atoms with E-state index in [4.69, 9.17) is 10.00 Å². The predicted molar refractivity (Wildman–Crippen MR) is 50.4 cm³/mol. The number of hydrogen-bond acceptors (Lipinski definition) is 3. The molecule has 0 aliphatic rings. The van der Waals surface area contributed by atoms with Gasteiger partial charge >= 0.3 is 0 Å². The quantitative estimate of drug-likeness (QED) is 0.758. The first-order valence-corrected chi connectivity index (χ1v) is 4.02. The van der Waals surface area contributed by atoms with Gasteiger partial charge in [0.2, 0.25) is 0 Å². The summed E-state index contributed by atoms with van der Waals surface area (Å²) in [5, 5.41) is 11.7. The highest BCUT2D eigenvalue weighted by molar-refractivity contribution is 5.32. The molecule has 68 valence electrons. The zero-order chi connectivity index (χ0) is 9.68. The minimum Gasteiger partial charge on any atom is -0.497 e. The summed E-state index contributed by atoms with van der Waals surface area (Å²) in [6.45, 7) is 0. The third kappa shape index (κ3) is 2.20. The zero-order valence-electron chi connectivity index (χ0n) is 7.74. The lowest BCUT2D eigenvalue weighted by Gasteiger charge is -2.08. The Bertz CT molecular complexity index is 317. The molecule has 1 aromatic carbocycles. The van der Waals surface area contributed by atoms with Crippen LogP contribution in [0.15, 0.2) is 24.3 Å². The van der Waals surface area contributed by atoms with Gasteiger partial charge in [0.1, 0.15) is 11.8 Å². The first-order valence-electron chi connectivity index (χ1n) is 4.02. The average molecular weight is 176 g/mol. The summed E-state index contributed by atoms with van der Waals surface area (Å²) in [4.78, 5) is 0. The van der Waals surface area contributed by atoms with E-state index in [2.05, 4.69) is 11.4 Å². The van der Waals surface area contributed by atoms with Crippen LogP contribution in [0, 0.1) is 11.3 Å². The fraction of sp³-hybridized carbons (Fsp3) is 0.300. The molecular weight excluding hydrogens is 164 g/mol. The average Bonchev–Trinajstić information content (AvgIpc) is 2.20. The monoisotopic (exact) mass is 176 g/mol. The molecule has 3 nitrogen and oxygen atoms in total. The lowest BCUT2D eigenvalue weighted by atomic mass is 10.1. The maximum absolute atomic E-state index is 8.79. The second kappa shape index (κ2) is 4.48. The van der Waals surface area contributed by atoms with Crippen molar-refractivity contribution in [3.8, 4) is 11.8 Å². The Labute approximate surface area is 77.9 Å². The zero-order valence-corrected chi connectivity index (χ0v) is 7.74. The van der Waals surface area contributed by atoms with Crippen molar-refractivity contribution in [3.05, 3.63) is 29.8 Å². The smallest absolute Gasteiger partial charge is 0.121 e. The summed E-state index contributed by atoms with van der Waals surface area (Å²) in [6.07, 6.45) is 0. The highest BCUT2D eigenvalue weighted by Crippen LogP contribution is 2.17. The molecule has 0 aliphatic heterocycles. The van der Waals surface area contributed by atoms with Crippen LogP contribution in [-0.2, 0) is 0 Å². The summed E-state index contributed by atoms with van der Waals surface area (Å²) in [5.41, 5.74) is 0.921. The molecule has 1 aromatic rings. The van der Waals surface area contributed by atoms with Crippen LogP contribution >= 0.6 is 0 Å². The van der Waals surface area contributed by atoms with E-state index in [-0.39, 0.29) is 6.04 Å². The van der Waals surface area contributed by atoms with E-state index in [0.717, 1.165) is 11.3 Å². The maximum Gasteiger partial charge on any atom is 0.121 e. The summed E-state index contributed by atoms with van der Waals surface area (Å²) in [7, 11) is 3.37. The van der Waals surface area contributed by atoms with Gasteiger partial charge in [0.05, 0.1) is 13.2 Å². The van der Waals surface area contributed by atoms with Crippen molar-refractivity contribution < 1.29 is 4.74 Å². The standard InChI is InChI=1S/C10H12N2O/c1-12-10(7-11)8-4-3-5-9(6-8)13-2/h3-6,10,12H,1-2H3. The van der Waals surface area contributed by atoms with Crippen LogP contribution in [0.1, 0.15) is 11.6 Å². The molecule has 13 heavy (non-hydrogen) atoms. The van der Waals surface area contributed by atoms with Gasteiger partial charge in [-0.2, -0.15) is 5.26 Å².